The summed E-state index contributed by atoms with van der Waals surface area (Å²) in [6.45, 7) is 0. The summed E-state index contributed by atoms with van der Waals surface area (Å²) in [6, 6.07) is 65.9. The van der Waals surface area contributed by atoms with Crippen molar-refractivity contribution in [3.8, 4) is 45.1 Å². The second kappa shape index (κ2) is 10.7. The Balaban J connectivity index is 1.08. The number of ether oxygens (including phenoxy) is 1. The fraction of sp³-hybridized carbons (Fsp3) is 0. The van der Waals surface area contributed by atoms with Gasteiger partial charge in [0, 0.05) is 43.6 Å². The Morgan fingerprint density at radius 2 is 1.00 bits per heavy atom. The Labute approximate surface area is 305 Å². The van der Waals surface area contributed by atoms with Crippen LogP contribution in [-0.2, 0) is 0 Å². The Morgan fingerprint density at radius 1 is 0.340 bits per heavy atom. The third-order valence-corrected chi connectivity index (χ3v) is 11.3. The second-order valence-electron chi connectivity index (χ2n) is 14.1. The monoisotopic (exact) mass is 674 g/mol. The predicted octanol–water partition coefficient (Wildman–Crippen LogP) is 13.6. The van der Waals surface area contributed by atoms with Crippen LogP contribution >= 0.6 is 0 Å². The molecule has 0 saturated heterocycles. The van der Waals surface area contributed by atoms with Crippen LogP contribution in [0.5, 0.6) is 11.5 Å². The highest BCUT2D eigenvalue weighted by atomic mass is 16.5. The van der Waals surface area contributed by atoms with Gasteiger partial charge in [-0.05, 0) is 94.2 Å². The average Bonchev–Trinajstić information content (AvgIpc) is 3.73. The van der Waals surface area contributed by atoms with Gasteiger partial charge >= 0.3 is 0 Å². The van der Waals surface area contributed by atoms with E-state index in [0.717, 1.165) is 39.3 Å². The van der Waals surface area contributed by atoms with Crippen molar-refractivity contribution in [2.24, 2.45) is 0 Å². The average molecular weight is 675 g/mol. The lowest BCUT2D eigenvalue weighted by atomic mass is 9.90. The van der Waals surface area contributed by atoms with Gasteiger partial charge < -0.3 is 13.9 Å². The van der Waals surface area contributed by atoms with E-state index in [1.807, 2.05) is 0 Å². The highest BCUT2D eigenvalue weighted by Gasteiger charge is 2.25. The molecule has 2 aromatic heterocycles. The number of benzene rings is 9. The Morgan fingerprint density at radius 3 is 1.89 bits per heavy atom. The predicted molar refractivity (Wildman–Crippen MR) is 221 cm³/mol. The zero-order chi connectivity index (χ0) is 34.6. The molecule has 0 atom stereocenters. The Kier molecular flexibility index (Phi) is 5.77. The number of hydrogen-bond acceptors (Lipinski definition) is 1. The molecule has 11 aromatic rings. The van der Waals surface area contributed by atoms with Crippen molar-refractivity contribution in [1.29, 1.82) is 0 Å². The van der Waals surface area contributed by atoms with Crippen molar-refractivity contribution < 1.29 is 4.74 Å². The third-order valence-electron chi connectivity index (χ3n) is 11.3. The normalized spacial score (nSPS) is 12.3. The lowest BCUT2D eigenvalue weighted by Gasteiger charge is -2.23. The van der Waals surface area contributed by atoms with Crippen LogP contribution in [0.4, 0.5) is 0 Å². The molecule has 0 spiro atoms. The molecular weight excluding hydrogens is 645 g/mol. The smallest absolute Gasteiger partial charge is 0.135 e. The Bertz CT molecular complexity index is 3310. The van der Waals surface area contributed by atoms with Gasteiger partial charge in [0.1, 0.15) is 11.5 Å². The summed E-state index contributed by atoms with van der Waals surface area (Å²) in [5.74, 6) is 1.77. The van der Waals surface area contributed by atoms with Crippen molar-refractivity contribution in [1.82, 2.24) is 9.13 Å². The van der Waals surface area contributed by atoms with Gasteiger partial charge in [-0.3, -0.25) is 0 Å². The first kappa shape index (κ1) is 28.6. The molecule has 0 amide bonds. The van der Waals surface area contributed by atoms with Gasteiger partial charge in [0.15, 0.2) is 0 Å². The molecule has 0 unspecified atom stereocenters. The first-order valence-corrected chi connectivity index (χ1v) is 18.2. The highest BCUT2D eigenvalue weighted by Crippen LogP contribution is 2.51. The number of hydrogen-bond donors (Lipinski definition) is 0. The molecule has 246 valence electrons. The maximum atomic E-state index is 6.83. The molecule has 3 heterocycles. The van der Waals surface area contributed by atoms with Gasteiger partial charge in [-0.15, -0.1) is 0 Å². The van der Waals surface area contributed by atoms with E-state index >= 15 is 0 Å². The molecule has 9 aromatic carbocycles. The molecule has 0 radical (unpaired) electrons. The maximum absolute atomic E-state index is 6.83. The molecular formula is C50H30N2O. The van der Waals surface area contributed by atoms with Gasteiger partial charge in [0.25, 0.3) is 0 Å². The van der Waals surface area contributed by atoms with Crippen LogP contribution in [0.2, 0.25) is 0 Å². The van der Waals surface area contributed by atoms with E-state index in [2.05, 4.69) is 191 Å². The third kappa shape index (κ3) is 3.99. The lowest BCUT2D eigenvalue weighted by Crippen LogP contribution is -1.99. The van der Waals surface area contributed by atoms with Gasteiger partial charge in [0.2, 0.25) is 0 Å². The minimum absolute atomic E-state index is 0.876. The zero-order valence-electron chi connectivity index (χ0n) is 28.6. The summed E-state index contributed by atoms with van der Waals surface area (Å²) in [4.78, 5) is 0. The standard InChI is InChI=1S/C50H30N2O/c1-2-14-34(15-3-1)51-43-20-8-6-17-36(43)40-28-32(25-27-45(40)51)33-24-26-37-41-30-46-49(39-19-11-23-47(50(39)41)53-48(37)29-33)38-18-7-9-21-44(38)52(46)42-22-10-13-31-12-4-5-16-35(31)42/h1-30H. The fourth-order valence-corrected chi connectivity index (χ4v) is 9.00. The molecule has 1 aliphatic heterocycles. The Hall–Kier alpha value is -7.10. The summed E-state index contributed by atoms with van der Waals surface area (Å²) >= 11 is 0. The van der Waals surface area contributed by atoms with Crippen LogP contribution in [0.25, 0.3) is 98.8 Å². The number of nitrogens with zero attached hydrogens (tertiary/aromatic N) is 2. The first-order valence-electron chi connectivity index (χ1n) is 18.2. The van der Waals surface area contributed by atoms with Crippen molar-refractivity contribution >= 4 is 65.2 Å². The van der Waals surface area contributed by atoms with Gasteiger partial charge in [-0.1, -0.05) is 115 Å². The van der Waals surface area contributed by atoms with Crippen LogP contribution in [0, 0.1) is 0 Å². The molecule has 1 aliphatic rings. The van der Waals surface area contributed by atoms with Crippen LogP contribution in [0.3, 0.4) is 0 Å². The van der Waals surface area contributed by atoms with E-state index in [9.17, 15) is 0 Å². The topological polar surface area (TPSA) is 19.1 Å². The van der Waals surface area contributed by atoms with Gasteiger partial charge in [0.05, 0.1) is 27.8 Å². The molecule has 12 rings (SSSR count). The molecule has 3 heteroatoms. The maximum Gasteiger partial charge on any atom is 0.135 e. The summed E-state index contributed by atoms with van der Waals surface area (Å²) in [7, 11) is 0. The van der Waals surface area contributed by atoms with Gasteiger partial charge in [-0.25, -0.2) is 0 Å². The minimum Gasteiger partial charge on any atom is -0.456 e. The fourth-order valence-electron chi connectivity index (χ4n) is 9.00. The van der Waals surface area contributed by atoms with Crippen molar-refractivity contribution in [3.05, 3.63) is 182 Å². The molecule has 3 nitrogen and oxygen atoms in total. The molecule has 0 bridgehead atoms. The quantitative estimate of drug-likeness (QED) is 0.183. The van der Waals surface area contributed by atoms with Crippen molar-refractivity contribution in [2.45, 2.75) is 0 Å². The number of rotatable bonds is 3. The summed E-state index contributed by atoms with van der Waals surface area (Å²) in [5.41, 5.74) is 11.7. The van der Waals surface area contributed by atoms with E-state index in [1.54, 1.807) is 0 Å². The number of aromatic nitrogens is 2. The SMILES string of the molecule is c1ccc(-n2c3ccccc3c3cc(-c4ccc5c(c4)Oc4cccc6c4c-5cc4c6c5ccccc5n4-c4cccc5ccccc45)ccc32)cc1. The van der Waals surface area contributed by atoms with Crippen molar-refractivity contribution in [2.75, 3.05) is 0 Å². The second-order valence-corrected chi connectivity index (χ2v) is 14.1. The molecule has 0 saturated carbocycles. The van der Waals surface area contributed by atoms with Crippen LogP contribution < -0.4 is 4.74 Å². The lowest BCUT2D eigenvalue weighted by molar-refractivity contribution is 0.487. The van der Waals surface area contributed by atoms with E-state index in [-0.39, 0.29) is 0 Å². The summed E-state index contributed by atoms with van der Waals surface area (Å²) < 4.78 is 11.7. The number of fused-ring (bicyclic) bond motifs is 10. The summed E-state index contributed by atoms with van der Waals surface area (Å²) in [5, 5.41) is 9.81. The molecule has 0 aliphatic carbocycles. The summed E-state index contributed by atoms with van der Waals surface area (Å²) in [6.07, 6.45) is 0. The van der Waals surface area contributed by atoms with Crippen molar-refractivity contribution in [3.63, 3.8) is 0 Å². The molecule has 0 fully saturated rings. The largest absolute Gasteiger partial charge is 0.456 e. The zero-order valence-corrected chi connectivity index (χ0v) is 28.6. The van der Waals surface area contributed by atoms with E-state index in [0.29, 0.717) is 0 Å². The van der Waals surface area contributed by atoms with Crippen LogP contribution in [0.15, 0.2) is 182 Å². The van der Waals surface area contributed by atoms with E-state index in [4.69, 9.17) is 4.74 Å². The molecule has 0 N–H and O–H groups in total. The number of para-hydroxylation sites is 3. The first-order chi connectivity index (χ1) is 26.3. The van der Waals surface area contributed by atoms with E-state index in [1.165, 1.54) is 71.0 Å². The minimum atomic E-state index is 0.876. The van der Waals surface area contributed by atoms with Crippen LogP contribution in [-0.4, -0.2) is 9.13 Å². The molecule has 53 heavy (non-hydrogen) atoms. The van der Waals surface area contributed by atoms with Crippen LogP contribution in [0.1, 0.15) is 0 Å². The van der Waals surface area contributed by atoms with Gasteiger partial charge in [-0.2, -0.15) is 0 Å². The highest BCUT2D eigenvalue weighted by molar-refractivity contribution is 6.26. The van der Waals surface area contributed by atoms with E-state index < -0.39 is 0 Å².